The number of hydrogen-bond donors (Lipinski definition) is 1. The highest BCUT2D eigenvalue weighted by Gasteiger charge is 2.30. The Balaban J connectivity index is 2.30. The second-order valence-corrected chi connectivity index (χ2v) is 6.18. The van der Waals surface area contributed by atoms with Crippen molar-refractivity contribution >= 4 is 17.3 Å². The lowest BCUT2D eigenvalue weighted by Crippen LogP contribution is -2.61. The molecule has 0 aliphatic carbocycles. The Bertz CT molecular complexity index is 415. The molecule has 0 radical (unpaired) electrons. The van der Waals surface area contributed by atoms with Crippen LogP contribution in [0.15, 0.2) is 18.2 Å². The van der Waals surface area contributed by atoms with E-state index in [4.69, 9.17) is 11.6 Å². The van der Waals surface area contributed by atoms with Crippen LogP contribution in [0.1, 0.15) is 26.3 Å². The quantitative estimate of drug-likeness (QED) is 0.826. The van der Waals surface area contributed by atoms with Gasteiger partial charge in [0.05, 0.1) is 0 Å². The first-order valence-electron chi connectivity index (χ1n) is 6.16. The van der Waals surface area contributed by atoms with Gasteiger partial charge in [-0.15, -0.1) is 0 Å². The van der Waals surface area contributed by atoms with Gasteiger partial charge in [-0.3, -0.25) is 0 Å². The number of rotatable bonds is 1. The first-order chi connectivity index (χ1) is 7.87. The molecule has 0 saturated carbocycles. The minimum atomic E-state index is 0.145. The molecule has 1 heterocycles. The first-order valence-corrected chi connectivity index (χ1v) is 6.54. The van der Waals surface area contributed by atoms with Crippen molar-refractivity contribution in [3.63, 3.8) is 0 Å². The zero-order chi connectivity index (χ0) is 12.6. The molecule has 1 aromatic rings. The lowest BCUT2D eigenvalue weighted by molar-refractivity contribution is 0.301. The minimum absolute atomic E-state index is 0.145. The predicted molar refractivity (Wildman–Crippen MR) is 75.1 cm³/mol. The molecule has 94 valence electrons. The Morgan fingerprint density at radius 1 is 1.41 bits per heavy atom. The fourth-order valence-corrected chi connectivity index (χ4v) is 2.90. The highest BCUT2D eigenvalue weighted by molar-refractivity contribution is 6.30. The van der Waals surface area contributed by atoms with Gasteiger partial charge in [-0.25, -0.2) is 0 Å². The molecule has 0 amide bonds. The second-order valence-electron chi connectivity index (χ2n) is 5.74. The lowest BCUT2D eigenvalue weighted by atomic mass is 9.98. The van der Waals surface area contributed by atoms with Crippen molar-refractivity contribution in [1.82, 2.24) is 5.32 Å². The van der Waals surface area contributed by atoms with Crippen LogP contribution < -0.4 is 10.2 Å². The zero-order valence-corrected chi connectivity index (χ0v) is 11.8. The van der Waals surface area contributed by atoms with Crippen molar-refractivity contribution in [2.45, 2.75) is 39.3 Å². The number of hydrogen-bond acceptors (Lipinski definition) is 2. The van der Waals surface area contributed by atoms with Crippen LogP contribution in [0, 0.1) is 6.92 Å². The van der Waals surface area contributed by atoms with Crippen LogP contribution in [0.2, 0.25) is 5.02 Å². The van der Waals surface area contributed by atoms with Crippen LogP contribution in [0.4, 0.5) is 5.69 Å². The number of anilines is 1. The topological polar surface area (TPSA) is 15.3 Å². The van der Waals surface area contributed by atoms with Crippen LogP contribution in [-0.4, -0.2) is 24.7 Å². The summed E-state index contributed by atoms with van der Waals surface area (Å²) in [5.74, 6) is 0. The average molecular weight is 253 g/mol. The van der Waals surface area contributed by atoms with E-state index in [1.54, 1.807) is 0 Å². The summed E-state index contributed by atoms with van der Waals surface area (Å²) in [7, 11) is 0. The zero-order valence-electron chi connectivity index (χ0n) is 11.0. The maximum Gasteiger partial charge on any atom is 0.0426 e. The average Bonchev–Trinajstić information content (AvgIpc) is 2.18. The van der Waals surface area contributed by atoms with E-state index >= 15 is 0 Å². The monoisotopic (exact) mass is 252 g/mol. The molecule has 17 heavy (non-hydrogen) atoms. The molecule has 1 N–H and O–H groups in total. The molecule has 2 rings (SSSR count). The van der Waals surface area contributed by atoms with E-state index in [-0.39, 0.29) is 5.54 Å². The molecule has 1 aliphatic heterocycles. The summed E-state index contributed by atoms with van der Waals surface area (Å²) < 4.78 is 0. The molecule has 0 bridgehead atoms. The molecule has 2 nitrogen and oxygen atoms in total. The predicted octanol–water partition coefficient (Wildman–Crippen LogP) is 3.23. The Morgan fingerprint density at radius 3 is 2.76 bits per heavy atom. The Labute approximate surface area is 109 Å². The number of piperazine rings is 1. The van der Waals surface area contributed by atoms with Crippen molar-refractivity contribution in [2.75, 3.05) is 18.0 Å². The molecule has 0 aromatic heterocycles. The Morgan fingerprint density at radius 2 is 2.12 bits per heavy atom. The molecular formula is C14H21ClN2. The standard InChI is InChI=1S/C14H21ClN2/c1-10-5-6-12(15)7-13(10)17-8-11(2)16-14(3,4)9-17/h5-7,11,16H,8-9H2,1-4H3. The smallest absolute Gasteiger partial charge is 0.0426 e. The summed E-state index contributed by atoms with van der Waals surface area (Å²) in [5, 5.41) is 4.43. The summed E-state index contributed by atoms with van der Waals surface area (Å²) in [4.78, 5) is 2.43. The summed E-state index contributed by atoms with van der Waals surface area (Å²) >= 11 is 6.10. The Hall–Kier alpha value is -0.730. The van der Waals surface area contributed by atoms with Gasteiger partial charge in [-0.1, -0.05) is 17.7 Å². The molecule has 0 spiro atoms. The highest BCUT2D eigenvalue weighted by Crippen LogP contribution is 2.27. The van der Waals surface area contributed by atoms with E-state index in [2.05, 4.69) is 50.0 Å². The van der Waals surface area contributed by atoms with Crippen molar-refractivity contribution < 1.29 is 0 Å². The second kappa shape index (κ2) is 4.51. The van der Waals surface area contributed by atoms with E-state index in [1.165, 1.54) is 11.3 Å². The largest absolute Gasteiger partial charge is 0.368 e. The van der Waals surface area contributed by atoms with E-state index < -0.39 is 0 Å². The van der Waals surface area contributed by atoms with Gasteiger partial charge in [0.25, 0.3) is 0 Å². The summed E-state index contributed by atoms with van der Waals surface area (Å²) in [5.41, 5.74) is 2.70. The number of nitrogens with zero attached hydrogens (tertiary/aromatic N) is 1. The van der Waals surface area contributed by atoms with Crippen LogP contribution in [-0.2, 0) is 0 Å². The molecular weight excluding hydrogens is 232 g/mol. The summed E-state index contributed by atoms with van der Waals surface area (Å²) in [6.45, 7) is 10.9. The van der Waals surface area contributed by atoms with Gasteiger partial charge in [0.15, 0.2) is 0 Å². The van der Waals surface area contributed by atoms with Crippen molar-refractivity contribution in [2.24, 2.45) is 0 Å². The number of aryl methyl sites for hydroxylation is 1. The number of benzene rings is 1. The minimum Gasteiger partial charge on any atom is -0.368 e. The fourth-order valence-electron chi connectivity index (χ4n) is 2.74. The van der Waals surface area contributed by atoms with Gasteiger partial charge < -0.3 is 10.2 Å². The molecule has 1 aromatic carbocycles. The fraction of sp³-hybridized carbons (Fsp3) is 0.571. The van der Waals surface area contributed by atoms with E-state index in [9.17, 15) is 0 Å². The molecule has 1 aliphatic rings. The van der Waals surface area contributed by atoms with Gasteiger partial charge in [-0.05, 0) is 45.4 Å². The van der Waals surface area contributed by atoms with Gasteiger partial charge in [-0.2, -0.15) is 0 Å². The molecule has 1 fully saturated rings. The maximum atomic E-state index is 6.10. The van der Waals surface area contributed by atoms with Gasteiger partial charge in [0, 0.05) is 35.4 Å². The van der Waals surface area contributed by atoms with Gasteiger partial charge in [0.2, 0.25) is 0 Å². The third kappa shape index (κ3) is 2.93. The normalized spacial score (nSPS) is 23.8. The number of nitrogens with one attached hydrogen (secondary N) is 1. The number of halogens is 1. The van der Waals surface area contributed by atoms with Crippen molar-refractivity contribution in [3.8, 4) is 0 Å². The van der Waals surface area contributed by atoms with Crippen LogP contribution >= 0.6 is 11.6 Å². The van der Waals surface area contributed by atoms with E-state index in [0.29, 0.717) is 6.04 Å². The molecule has 1 atom stereocenters. The van der Waals surface area contributed by atoms with E-state index in [0.717, 1.165) is 18.1 Å². The highest BCUT2D eigenvalue weighted by atomic mass is 35.5. The first kappa shape index (κ1) is 12.7. The van der Waals surface area contributed by atoms with Gasteiger partial charge >= 0.3 is 0 Å². The molecule has 1 saturated heterocycles. The van der Waals surface area contributed by atoms with Crippen molar-refractivity contribution in [3.05, 3.63) is 28.8 Å². The SMILES string of the molecule is Cc1ccc(Cl)cc1N1CC(C)NC(C)(C)C1. The molecule has 3 heteroatoms. The maximum absolute atomic E-state index is 6.10. The third-order valence-electron chi connectivity index (χ3n) is 3.23. The summed E-state index contributed by atoms with van der Waals surface area (Å²) in [6.07, 6.45) is 0. The Kier molecular flexibility index (Phi) is 3.37. The third-order valence-corrected chi connectivity index (χ3v) is 3.46. The van der Waals surface area contributed by atoms with Gasteiger partial charge in [0.1, 0.15) is 0 Å². The molecule has 1 unspecified atom stereocenters. The van der Waals surface area contributed by atoms with Crippen LogP contribution in [0.5, 0.6) is 0 Å². The van der Waals surface area contributed by atoms with E-state index in [1.807, 2.05) is 6.07 Å². The lowest BCUT2D eigenvalue weighted by Gasteiger charge is -2.44. The summed E-state index contributed by atoms with van der Waals surface area (Å²) in [6, 6.07) is 6.62. The van der Waals surface area contributed by atoms with Crippen molar-refractivity contribution in [1.29, 1.82) is 0 Å². The van der Waals surface area contributed by atoms with Crippen LogP contribution in [0.25, 0.3) is 0 Å². The van der Waals surface area contributed by atoms with Crippen LogP contribution in [0.3, 0.4) is 0 Å².